The SMILES string of the molecule is CC1CSC(Nc2ccc(F)cc2)=N1. The molecule has 4 heteroatoms. The van der Waals surface area contributed by atoms with E-state index in [2.05, 4.69) is 17.2 Å². The Kier molecular flexibility index (Phi) is 2.72. The molecule has 0 saturated heterocycles. The molecule has 1 aliphatic rings. The second-order valence-corrected chi connectivity index (χ2v) is 4.23. The normalized spacial score (nSPS) is 20.7. The van der Waals surface area contributed by atoms with Crippen molar-refractivity contribution in [2.45, 2.75) is 13.0 Å². The quantitative estimate of drug-likeness (QED) is 0.770. The minimum absolute atomic E-state index is 0.218. The zero-order chi connectivity index (χ0) is 9.97. The molecular weight excluding hydrogens is 199 g/mol. The molecule has 0 aromatic heterocycles. The Hall–Kier alpha value is -1.03. The number of halogens is 1. The zero-order valence-electron chi connectivity index (χ0n) is 7.83. The monoisotopic (exact) mass is 210 g/mol. The molecule has 1 aliphatic heterocycles. The number of benzene rings is 1. The summed E-state index contributed by atoms with van der Waals surface area (Å²) >= 11 is 1.69. The Balaban J connectivity index is 2.04. The van der Waals surface area contributed by atoms with Crippen LogP contribution < -0.4 is 5.32 Å². The topological polar surface area (TPSA) is 24.4 Å². The first kappa shape index (κ1) is 9.52. The van der Waals surface area contributed by atoms with Crippen molar-refractivity contribution < 1.29 is 4.39 Å². The molecule has 0 fully saturated rings. The first-order valence-electron chi connectivity index (χ1n) is 4.47. The van der Waals surface area contributed by atoms with Crippen LogP contribution in [0.15, 0.2) is 29.3 Å². The molecule has 2 rings (SSSR count). The van der Waals surface area contributed by atoms with Crippen molar-refractivity contribution in [3.05, 3.63) is 30.1 Å². The molecule has 0 spiro atoms. The lowest BCUT2D eigenvalue weighted by Crippen LogP contribution is -2.04. The lowest BCUT2D eigenvalue weighted by molar-refractivity contribution is 0.628. The fourth-order valence-corrected chi connectivity index (χ4v) is 2.12. The summed E-state index contributed by atoms with van der Waals surface area (Å²) in [6, 6.07) is 6.67. The molecule has 74 valence electrons. The van der Waals surface area contributed by atoms with Crippen LogP contribution in [0.25, 0.3) is 0 Å². The van der Waals surface area contributed by atoms with E-state index in [4.69, 9.17) is 0 Å². The lowest BCUT2D eigenvalue weighted by atomic mass is 10.3. The molecule has 2 nitrogen and oxygen atoms in total. The minimum Gasteiger partial charge on any atom is -0.335 e. The van der Waals surface area contributed by atoms with E-state index in [0.717, 1.165) is 16.6 Å². The van der Waals surface area contributed by atoms with Crippen LogP contribution in [0.4, 0.5) is 10.1 Å². The Labute approximate surface area is 86.6 Å². The van der Waals surface area contributed by atoms with Crippen LogP contribution in [0.1, 0.15) is 6.92 Å². The predicted molar refractivity (Wildman–Crippen MR) is 59.4 cm³/mol. The van der Waals surface area contributed by atoms with Gasteiger partial charge in [-0.3, -0.25) is 4.99 Å². The molecule has 14 heavy (non-hydrogen) atoms. The second-order valence-electron chi connectivity index (χ2n) is 3.23. The number of rotatable bonds is 1. The Bertz CT molecular complexity index is 348. The van der Waals surface area contributed by atoms with Gasteiger partial charge in [0.25, 0.3) is 0 Å². The van der Waals surface area contributed by atoms with Gasteiger partial charge in [-0.1, -0.05) is 11.8 Å². The molecule has 0 amide bonds. The van der Waals surface area contributed by atoms with Crippen LogP contribution >= 0.6 is 11.8 Å². The first-order valence-corrected chi connectivity index (χ1v) is 5.46. The van der Waals surface area contributed by atoms with E-state index in [-0.39, 0.29) is 5.82 Å². The van der Waals surface area contributed by atoms with Crippen molar-refractivity contribution in [2.75, 3.05) is 11.1 Å². The maximum Gasteiger partial charge on any atom is 0.161 e. The molecule has 0 saturated carbocycles. The summed E-state index contributed by atoms with van der Waals surface area (Å²) in [7, 11) is 0. The van der Waals surface area contributed by atoms with Gasteiger partial charge in [0, 0.05) is 11.4 Å². The van der Waals surface area contributed by atoms with E-state index in [1.165, 1.54) is 12.1 Å². The van der Waals surface area contributed by atoms with Crippen LogP contribution in [0.5, 0.6) is 0 Å². The maximum absolute atomic E-state index is 12.6. The molecule has 1 unspecified atom stereocenters. The van der Waals surface area contributed by atoms with Gasteiger partial charge in [-0.05, 0) is 31.2 Å². The Morgan fingerprint density at radius 2 is 2.14 bits per heavy atom. The number of hydrogen-bond donors (Lipinski definition) is 1. The summed E-state index contributed by atoms with van der Waals surface area (Å²) in [6.07, 6.45) is 0. The first-order chi connectivity index (χ1) is 6.74. The van der Waals surface area contributed by atoms with Gasteiger partial charge in [0.1, 0.15) is 5.82 Å². The van der Waals surface area contributed by atoms with Crippen LogP contribution in [-0.2, 0) is 0 Å². The molecule has 1 aromatic carbocycles. The fraction of sp³-hybridized carbons (Fsp3) is 0.300. The highest BCUT2D eigenvalue weighted by Gasteiger charge is 2.13. The van der Waals surface area contributed by atoms with E-state index in [0.29, 0.717) is 6.04 Å². The van der Waals surface area contributed by atoms with E-state index < -0.39 is 0 Å². The van der Waals surface area contributed by atoms with Gasteiger partial charge >= 0.3 is 0 Å². The third-order valence-corrected chi connectivity index (χ3v) is 3.02. The minimum atomic E-state index is -0.218. The molecule has 1 aromatic rings. The van der Waals surface area contributed by atoms with E-state index in [1.54, 1.807) is 23.9 Å². The number of thioether (sulfide) groups is 1. The highest BCUT2D eigenvalue weighted by Crippen LogP contribution is 2.19. The summed E-state index contributed by atoms with van der Waals surface area (Å²) in [5.74, 6) is 0.800. The van der Waals surface area contributed by atoms with Gasteiger partial charge in [0.15, 0.2) is 5.17 Å². The molecular formula is C10H11FN2S. The number of amidine groups is 1. The van der Waals surface area contributed by atoms with E-state index in [1.807, 2.05) is 0 Å². The van der Waals surface area contributed by atoms with Crippen molar-refractivity contribution in [1.82, 2.24) is 0 Å². The van der Waals surface area contributed by atoms with Crippen LogP contribution in [-0.4, -0.2) is 17.0 Å². The van der Waals surface area contributed by atoms with Crippen LogP contribution in [0.3, 0.4) is 0 Å². The highest BCUT2D eigenvalue weighted by molar-refractivity contribution is 8.14. The summed E-state index contributed by atoms with van der Waals surface area (Å²) in [5.41, 5.74) is 0.881. The Morgan fingerprint density at radius 1 is 1.43 bits per heavy atom. The summed E-state index contributed by atoms with van der Waals surface area (Å²) in [5, 5.41) is 4.07. The number of nitrogens with one attached hydrogen (secondary N) is 1. The van der Waals surface area contributed by atoms with Crippen molar-refractivity contribution in [3.8, 4) is 0 Å². The Morgan fingerprint density at radius 3 is 2.71 bits per heavy atom. The highest BCUT2D eigenvalue weighted by atomic mass is 32.2. The number of nitrogens with zero attached hydrogens (tertiary/aromatic N) is 1. The molecule has 0 aliphatic carbocycles. The third kappa shape index (κ3) is 2.26. The van der Waals surface area contributed by atoms with Gasteiger partial charge in [-0.25, -0.2) is 4.39 Å². The number of anilines is 1. The third-order valence-electron chi connectivity index (χ3n) is 1.89. The van der Waals surface area contributed by atoms with Crippen LogP contribution in [0.2, 0.25) is 0 Å². The fourth-order valence-electron chi connectivity index (χ4n) is 1.20. The largest absolute Gasteiger partial charge is 0.335 e. The summed E-state index contributed by atoms with van der Waals surface area (Å²) in [6.45, 7) is 2.08. The van der Waals surface area contributed by atoms with Gasteiger partial charge in [-0.15, -0.1) is 0 Å². The smallest absolute Gasteiger partial charge is 0.161 e. The zero-order valence-corrected chi connectivity index (χ0v) is 8.64. The number of hydrogen-bond acceptors (Lipinski definition) is 3. The summed E-state index contributed by atoms with van der Waals surface area (Å²) in [4.78, 5) is 4.38. The number of aliphatic imine (C=N–C) groups is 1. The van der Waals surface area contributed by atoms with E-state index in [9.17, 15) is 4.39 Å². The second kappa shape index (κ2) is 4.00. The molecule has 1 heterocycles. The van der Waals surface area contributed by atoms with Gasteiger partial charge in [0.05, 0.1) is 6.04 Å². The van der Waals surface area contributed by atoms with Crippen molar-refractivity contribution >= 4 is 22.6 Å². The van der Waals surface area contributed by atoms with Crippen LogP contribution in [0, 0.1) is 5.82 Å². The van der Waals surface area contributed by atoms with Gasteiger partial charge in [-0.2, -0.15) is 0 Å². The van der Waals surface area contributed by atoms with Crippen molar-refractivity contribution in [1.29, 1.82) is 0 Å². The van der Waals surface area contributed by atoms with Gasteiger partial charge in [0.2, 0.25) is 0 Å². The lowest BCUT2D eigenvalue weighted by Gasteiger charge is -2.03. The van der Waals surface area contributed by atoms with Crippen molar-refractivity contribution in [3.63, 3.8) is 0 Å². The van der Waals surface area contributed by atoms with Crippen molar-refractivity contribution in [2.24, 2.45) is 4.99 Å². The molecule has 1 atom stereocenters. The summed E-state index contributed by atoms with van der Waals surface area (Å²) < 4.78 is 12.6. The van der Waals surface area contributed by atoms with Gasteiger partial charge < -0.3 is 5.32 Å². The predicted octanol–water partition coefficient (Wildman–Crippen LogP) is 2.73. The average molecular weight is 210 g/mol. The average Bonchev–Trinajstić information content (AvgIpc) is 2.56. The molecule has 0 radical (unpaired) electrons. The molecule has 0 bridgehead atoms. The maximum atomic E-state index is 12.6. The van der Waals surface area contributed by atoms with E-state index >= 15 is 0 Å². The standard InChI is InChI=1S/C10H11FN2S/c1-7-6-14-10(12-7)13-9-4-2-8(11)3-5-9/h2-5,7H,6H2,1H3,(H,12,13). The molecule has 1 N–H and O–H groups in total.